The van der Waals surface area contributed by atoms with E-state index in [0.29, 0.717) is 10.0 Å². The van der Waals surface area contributed by atoms with Crippen LogP contribution in [0.1, 0.15) is 5.56 Å². The molecular weight excluding hydrogens is 244 g/mol. The summed E-state index contributed by atoms with van der Waals surface area (Å²) in [5, 5.41) is 0. The number of hydrogen-bond acceptors (Lipinski definition) is 2. The highest BCUT2D eigenvalue weighted by molar-refractivity contribution is 9.10. The van der Waals surface area contributed by atoms with Crippen LogP contribution < -0.4 is 0 Å². The van der Waals surface area contributed by atoms with Gasteiger partial charge in [0.2, 0.25) is 6.08 Å². The smallest absolute Gasteiger partial charge is 0.211 e. The van der Waals surface area contributed by atoms with E-state index in [0.717, 1.165) is 12.1 Å². The minimum Gasteiger partial charge on any atom is -0.211 e. The highest BCUT2D eigenvalue weighted by Crippen LogP contribution is 2.21. The Balaban J connectivity index is 3.07. The van der Waals surface area contributed by atoms with E-state index in [1.165, 1.54) is 6.08 Å². The van der Waals surface area contributed by atoms with Gasteiger partial charge in [0.15, 0.2) is 11.6 Å². The van der Waals surface area contributed by atoms with Gasteiger partial charge in [0.1, 0.15) is 0 Å². The highest BCUT2D eigenvalue weighted by Gasteiger charge is 2.06. The first-order chi connectivity index (χ1) is 6.15. The summed E-state index contributed by atoms with van der Waals surface area (Å²) in [6, 6.07) is 1.98. The molecule has 1 rings (SSSR count). The van der Waals surface area contributed by atoms with Gasteiger partial charge >= 0.3 is 0 Å². The molecule has 0 saturated carbocycles. The second-order valence-electron chi connectivity index (χ2n) is 2.27. The molecule has 0 aromatic heterocycles. The number of carbonyl (C=O) groups excluding carboxylic acids is 1. The Morgan fingerprint density at radius 1 is 1.38 bits per heavy atom. The zero-order chi connectivity index (χ0) is 9.84. The van der Waals surface area contributed by atoms with E-state index in [1.807, 2.05) is 0 Å². The number of isocyanates is 1. The molecule has 0 aliphatic heterocycles. The number of benzene rings is 1. The van der Waals surface area contributed by atoms with Gasteiger partial charge in [0.25, 0.3) is 0 Å². The fraction of sp³-hybridized carbons (Fsp3) is 0.125. The Kier molecular flexibility index (Phi) is 3.28. The van der Waals surface area contributed by atoms with Crippen molar-refractivity contribution < 1.29 is 13.6 Å². The lowest BCUT2D eigenvalue weighted by atomic mass is 10.2. The Hall–Kier alpha value is -1.06. The van der Waals surface area contributed by atoms with Crippen LogP contribution in [0, 0.1) is 11.6 Å². The lowest BCUT2D eigenvalue weighted by molar-refractivity contribution is 0.506. The van der Waals surface area contributed by atoms with Gasteiger partial charge in [-0.05, 0) is 17.7 Å². The predicted octanol–water partition coefficient (Wildman–Crippen LogP) is 2.56. The van der Waals surface area contributed by atoms with Crippen LogP contribution in [0.2, 0.25) is 0 Å². The SMILES string of the molecule is O=C=NCc1cc(F)c(F)cc1Br. The van der Waals surface area contributed by atoms with Crippen molar-refractivity contribution in [3.8, 4) is 0 Å². The number of rotatable bonds is 2. The molecule has 68 valence electrons. The van der Waals surface area contributed by atoms with E-state index in [2.05, 4.69) is 20.9 Å². The summed E-state index contributed by atoms with van der Waals surface area (Å²) in [5.41, 5.74) is 0.405. The average Bonchev–Trinajstić information content (AvgIpc) is 2.09. The Bertz CT molecular complexity index is 375. The van der Waals surface area contributed by atoms with E-state index in [9.17, 15) is 13.6 Å². The van der Waals surface area contributed by atoms with Gasteiger partial charge in [0.05, 0.1) is 6.54 Å². The van der Waals surface area contributed by atoms with Crippen LogP contribution in [0.15, 0.2) is 21.6 Å². The third kappa shape index (κ3) is 2.44. The molecule has 0 spiro atoms. The monoisotopic (exact) mass is 247 g/mol. The molecule has 1 aromatic rings. The van der Waals surface area contributed by atoms with Crippen LogP contribution in [-0.4, -0.2) is 6.08 Å². The molecule has 0 fully saturated rings. The molecule has 5 heteroatoms. The summed E-state index contributed by atoms with van der Waals surface area (Å²) in [5.74, 6) is -1.90. The molecule has 0 radical (unpaired) electrons. The third-order valence-electron chi connectivity index (χ3n) is 1.40. The molecule has 0 N–H and O–H groups in total. The molecule has 0 amide bonds. The Labute approximate surface area is 81.4 Å². The predicted molar refractivity (Wildman–Crippen MR) is 45.9 cm³/mol. The number of hydrogen-bond donors (Lipinski definition) is 0. The fourth-order valence-corrected chi connectivity index (χ4v) is 1.24. The van der Waals surface area contributed by atoms with E-state index < -0.39 is 11.6 Å². The van der Waals surface area contributed by atoms with Crippen LogP contribution in [0.4, 0.5) is 8.78 Å². The normalized spacial score (nSPS) is 9.46. The topological polar surface area (TPSA) is 29.4 Å². The van der Waals surface area contributed by atoms with E-state index in [1.54, 1.807) is 0 Å². The van der Waals surface area contributed by atoms with E-state index in [4.69, 9.17) is 0 Å². The molecule has 1 aromatic carbocycles. The largest absolute Gasteiger partial charge is 0.235 e. The third-order valence-corrected chi connectivity index (χ3v) is 2.14. The lowest BCUT2D eigenvalue weighted by Gasteiger charge is -2.00. The van der Waals surface area contributed by atoms with Gasteiger partial charge in [-0.2, -0.15) is 0 Å². The summed E-state index contributed by atoms with van der Waals surface area (Å²) >= 11 is 3.01. The minimum absolute atomic E-state index is 0.0126. The van der Waals surface area contributed by atoms with Crippen molar-refractivity contribution >= 4 is 22.0 Å². The van der Waals surface area contributed by atoms with Gasteiger partial charge in [-0.25, -0.2) is 18.6 Å². The van der Waals surface area contributed by atoms with Crippen molar-refractivity contribution in [3.05, 3.63) is 33.8 Å². The second kappa shape index (κ2) is 4.25. The molecule has 0 saturated heterocycles. The maximum atomic E-state index is 12.7. The molecule has 2 nitrogen and oxygen atoms in total. The van der Waals surface area contributed by atoms with Gasteiger partial charge in [-0.1, -0.05) is 15.9 Å². The highest BCUT2D eigenvalue weighted by atomic mass is 79.9. The first kappa shape index (κ1) is 10.0. The van der Waals surface area contributed by atoms with Crippen LogP contribution in [0.3, 0.4) is 0 Å². The summed E-state index contributed by atoms with van der Waals surface area (Å²) in [4.78, 5) is 13.0. The summed E-state index contributed by atoms with van der Waals surface area (Å²) in [6.07, 6.45) is 1.32. The maximum Gasteiger partial charge on any atom is 0.235 e. The van der Waals surface area contributed by atoms with E-state index in [-0.39, 0.29) is 6.54 Å². The summed E-state index contributed by atoms with van der Waals surface area (Å²) in [7, 11) is 0. The summed E-state index contributed by atoms with van der Waals surface area (Å²) < 4.78 is 25.6. The van der Waals surface area contributed by atoms with Crippen molar-refractivity contribution in [2.75, 3.05) is 0 Å². The quantitative estimate of drug-likeness (QED) is 0.449. The molecule has 0 heterocycles. The average molecular weight is 248 g/mol. The zero-order valence-electron chi connectivity index (χ0n) is 6.35. The first-order valence-corrected chi connectivity index (χ1v) is 4.11. The van der Waals surface area contributed by atoms with Gasteiger partial charge < -0.3 is 0 Å². The maximum absolute atomic E-state index is 12.7. The van der Waals surface area contributed by atoms with Crippen molar-refractivity contribution in [2.45, 2.75) is 6.54 Å². The Morgan fingerprint density at radius 3 is 2.62 bits per heavy atom. The van der Waals surface area contributed by atoms with Crippen LogP contribution >= 0.6 is 15.9 Å². The second-order valence-corrected chi connectivity index (χ2v) is 3.12. The van der Waals surface area contributed by atoms with Gasteiger partial charge in [-0.3, -0.25) is 0 Å². The van der Waals surface area contributed by atoms with Crippen molar-refractivity contribution in [1.82, 2.24) is 0 Å². The molecule has 0 unspecified atom stereocenters. The fourth-order valence-electron chi connectivity index (χ4n) is 0.802. The van der Waals surface area contributed by atoms with Crippen LogP contribution in [-0.2, 0) is 11.3 Å². The molecule has 13 heavy (non-hydrogen) atoms. The molecule has 0 aliphatic rings. The van der Waals surface area contributed by atoms with Crippen molar-refractivity contribution in [1.29, 1.82) is 0 Å². The minimum atomic E-state index is -0.959. The number of aliphatic imine (C=N–C) groups is 1. The standard InChI is InChI=1S/C8H4BrF2NO/c9-6-2-8(11)7(10)1-5(6)3-12-4-13/h1-2H,3H2. The van der Waals surface area contributed by atoms with Crippen molar-refractivity contribution in [3.63, 3.8) is 0 Å². The summed E-state index contributed by atoms with van der Waals surface area (Å²) in [6.45, 7) is -0.0126. The number of nitrogens with zero attached hydrogens (tertiary/aromatic N) is 1. The van der Waals surface area contributed by atoms with Crippen LogP contribution in [0.5, 0.6) is 0 Å². The Morgan fingerprint density at radius 2 is 2.00 bits per heavy atom. The molecule has 0 aliphatic carbocycles. The van der Waals surface area contributed by atoms with Gasteiger partial charge in [-0.15, -0.1) is 0 Å². The molecule has 0 bridgehead atoms. The van der Waals surface area contributed by atoms with Gasteiger partial charge in [0, 0.05) is 4.47 Å². The zero-order valence-corrected chi connectivity index (χ0v) is 7.94. The molecular formula is C8H4BrF2NO. The lowest BCUT2D eigenvalue weighted by Crippen LogP contribution is -1.90. The first-order valence-electron chi connectivity index (χ1n) is 3.32. The van der Waals surface area contributed by atoms with Crippen LogP contribution in [0.25, 0.3) is 0 Å². The van der Waals surface area contributed by atoms with E-state index >= 15 is 0 Å². The number of halogens is 3. The molecule has 0 atom stereocenters. The van der Waals surface area contributed by atoms with Crippen molar-refractivity contribution in [2.24, 2.45) is 4.99 Å².